The van der Waals surface area contributed by atoms with Crippen molar-refractivity contribution in [2.45, 2.75) is 46.1 Å². The molecule has 2 heterocycles. The molecule has 0 aliphatic heterocycles. The highest BCUT2D eigenvalue weighted by Crippen LogP contribution is 2.42. The second kappa shape index (κ2) is 5.97. The number of nitrogens with one attached hydrogen (secondary N) is 1. The minimum Gasteiger partial charge on any atom is -0.324 e. The van der Waals surface area contributed by atoms with Gasteiger partial charge in [0.1, 0.15) is 11.6 Å². The van der Waals surface area contributed by atoms with Crippen LogP contribution in [0.5, 0.6) is 0 Å². The first-order valence-corrected chi connectivity index (χ1v) is 8.94. The number of amides is 1. The van der Waals surface area contributed by atoms with Crippen LogP contribution < -0.4 is 5.32 Å². The molecule has 0 radical (unpaired) electrons. The number of carbonyl (C=O) groups is 1. The lowest BCUT2D eigenvalue weighted by atomic mass is 9.92. The van der Waals surface area contributed by atoms with Crippen molar-refractivity contribution in [3.05, 3.63) is 42.7 Å². The third-order valence-electron chi connectivity index (χ3n) is 4.57. The van der Waals surface area contributed by atoms with Crippen LogP contribution in [0.1, 0.15) is 46.1 Å². The second-order valence-corrected chi connectivity index (χ2v) is 8.25. The average Bonchev–Trinajstić information content (AvgIpc) is 3.08. The zero-order valence-electron chi connectivity index (χ0n) is 15.3. The summed E-state index contributed by atoms with van der Waals surface area (Å²) in [4.78, 5) is 16.4. The zero-order chi connectivity index (χ0) is 18.5. The number of benzene rings is 1. The summed E-state index contributed by atoms with van der Waals surface area (Å²) in [5.41, 5.74) is 1.43. The van der Waals surface area contributed by atoms with Crippen molar-refractivity contribution < 1.29 is 9.18 Å². The molecule has 1 aromatic carbocycles. The molecule has 1 N–H and O–H groups in total. The number of imidazole rings is 1. The Bertz CT molecular complexity index is 962. The first-order valence-electron chi connectivity index (χ1n) is 8.94. The Hall–Kier alpha value is -2.63. The fourth-order valence-electron chi connectivity index (χ4n) is 3.32. The summed E-state index contributed by atoms with van der Waals surface area (Å²) in [5, 5.41) is 3.53. The van der Waals surface area contributed by atoms with Crippen LogP contribution in [-0.2, 0) is 4.79 Å². The van der Waals surface area contributed by atoms with Gasteiger partial charge in [0.25, 0.3) is 0 Å². The topological polar surface area (TPSA) is 51.9 Å². The maximum atomic E-state index is 14.8. The van der Waals surface area contributed by atoms with Crippen LogP contribution in [-0.4, -0.2) is 20.0 Å². The fraction of sp³-hybridized carbons (Fsp3) is 0.400. The molecule has 136 valence electrons. The number of carbonyl (C=O) groups excluding carboxylic acids is 1. The number of halogens is 1. The maximum absolute atomic E-state index is 14.8. The predicted molar refractivity (Wildman–Crippen MR) is 100.0 cm³/mol. The largest absolute Gasteiger partial charge is 0.324 e. The van der Waals surface area contributed by atoms with Gasteiger partial charge in [-0.3, -0.25) is 4.79 Å². The van der Waals surface area contributed by atoms with E-state index in [1.165, 1.54) is 6.07 Å². The van der Waals surface area contributed by atoms with E-state index in [1.54, 1.807) is 29.4 Å². The van der Waals surface area contributed by atoms with E-state index in [2.05, 4.69) is 14.9 Å². The van der Waals surface area contributed by atoms with E-state index in [4.69, 9.17) is 0 Å². The third-order valence-corrected chi connectivity index (χ3v) is 4.57. The smallest absolute Gasteiger partial charge is 0.226 e. The molecule has 0 bridgehead atoms. The quantitative estimate of drug-likeness (QED) is 0.740. The lowest BCUT2D eigenvalue weighted by Crippen LogP contribution is -2.21. The maximum Gasteiger partial charge on any atom is 0.226 e. The predicted octanol–water partition coefficient (Wildman–Crippen LogP) is 4.68. The standard InChI is InChI=1S/C20H23FN4O/c1-20(2,3)11-19(26)23-18-10-15-16(21)8-14(24-7-6-22-12-24)9-17(15)25(18)13-4-5-13/h6-10,12-13H,4-5,11H2,1-3H3,(H,23,26). The molecule has 0 atom stereocenters. The molecule has 0 spiro atoms. The van der Waals surface area contributed by atoms with Gasteiger partial charge in [-0.1, -0.05) is 20.8 Å². The highest BCUT2D eigenvalue weighted by atomic mass is 19.1. The van der Waals surface area contributed by atoms with Gasteiger partial charge in [0, 0.05) is 30.2 Å². The van der Waals surface area contributed by atoms with Gasteiger partial charge in [-0.2, -0.15) is 0 Å². The first-order chi connectivity index (χ1) is 12.3. The summed E-state index contributed by atoms with van der Waals surface area (Å²) in [6.07, 6.45) is 7.61. The van der Waals surface area contributed by atoms with Crippen molar-refractivity contribution in [1.29, 1.82) is 0 Å². The molecule has 0 unspecified atom stereocenters. The van der Waals surface area contributed by atoms with Gasteiger partial charge in [0.15, 0.2) is 0 Å². The minimum atomic E-state index is -0.295. The van der Waals surface area contributed by atoms with Gasteiger partial charge in [0.2, 0.25) is 5.91 Å². The Balaban J connectivity index is 1.78. The highest BCUT2D eigenvalue weighted by molar-refractivity contribution is 5.95. The summed E-state index contributed by atoms with van der Waals surface area (Å²) in [6, 6.07) is 5.52. The van der Waals surface area contributed by atoms with Gasteiger partial charge in [0.05, 0.1) is 17.5 Å². The van der Waals surface area contributed by atoms with Gasteiger partial charge in [-0.25, -0.2) is 9.37 Å². The minimum absolute atomic E-state index is 0.0440. The van der Waals surface area contributed by atoms with E-state index in [9.17, 15) is 9.18 Å². The van der Waals surface area contributed by atoms with Crippen LogP contribution in [0.4, 0.5) is 10.2 Å². The SMILES string of the molecule is CC(C)(C)CC(=O)Nc1cc2c(F)cc(-n3ccnc3)cc2n1C1CC1. The summed E-state index contributed by atoms with van der Waals surface area (Å²) >= 11 is 0. The van der Waals surface area contributed by atoms with Gasteiger partial charge in [-0.15, -0.1) is 0 Å². The van der Waals surface area contributed by atoms with Gasteiger partial charge >= 0.3 is 0 Å². The summed E-state index contributed by atoms with van der Waals surface area (Å²) in [5.74, 6) is 0.341. The molecular weight excluding hydrogens is 331 g/mol. The van der Waals surface area contributed by atoms with Crippen molar-refractivity contribution >= 4 is 22.6 Å². The van der Waals surface area contributed by atoms with Crippen molar-refractivity contribution in [3.63, 3.8) is 0 Å². The van der Waals surface area contributed by atoms with Crippen LogP contribution in [0.25, 0.3) is 16.6 Å². The van der Waals surface area contributed by atoms with Crippen LogP contribution in [0.3, 0.4) is 0 Å². The molecule has 1 fully saturated rings. The zero-order valence-corrected chi connectivity index (χ0v) is 15.3. The van der Waals surface area contributed by atoms with E-state index in [0.717, 1.165) is 24.0 Å². The fourth-order valence-corrected chi connectivity index (χ4v) is 3.32. The number of anilines is 1. The molecule has 1 saturated carbocycles. The van der Waals surface area contributed by atoms with E-state index >= 15 is 0 Å². The van der Waals surface area contributed by atoms with Crippen molar-refractivity contribution in [2.75, 3.05) is 5.32 Å². The molecule has 4 rings (SSSR count). The van der Waals surface area contributed by atoms with Crippen LogP contribution in [0.2, 0.25) is 0 Å². The number of hydrogen-bond donors (Lipinski definition) is 1. The summed E-state index contributed by atoms with van der Waals surface area (Å²) in [6.45, 7) is 6.08. The van der Waals surface area contributed by atoms with Crippen molar-refractivity contribution in [1.82, 2.24) is 14.1 Å². The van der Waals surface area contributed by atoms with E-state index in [1.807, 2.05) is 26.8 Å². The normalized spacial score (nSPS) is 14.8. The van der Waals surface area contributed by atoms with Crippen molar-refractivity contribution in [2.24, 2.45) is 5.41 Å². The number of rotatable bonds is 4. The molecule has 5 nitrogen and oxygen atoms in total. The van der Waals surface area contributed by atoms with E-state index in [-0.39, 0.29) is 17.1 Å². The highest BCUT2D eigenvalue weighted by Gasteiger charge is 2.29. The Morgan fingerprint density at radius 1 is 1.31 bits per heavy atom. The lowest BCUT2D eigenvalue weighted by Gasteiger charge is -2.18. The number of fused-ring (bicyclic) bond motifs is 1. The van der Waals surface area contributed by atoms with Crippen molar-refractivity contribution in [3.8, 4) is 5.69 Å². The van der Waals surface area contributed by atoms with Crippen LogP contribution in [0, 0.1) is 11.2 Å². The van der Waals surface area contributed by atoms with Crippen LogP contribution in [0.15, 0.2) is 36.9 Å². The molecule has 1 amide bonds. The molecular formula is C20H23FN4O. The molecule has 3 aromatic rings. The average molecular weight is 354 g/mol. The third kappa shape index (κ3) is 3.23. The first kappa shape index (κ1) is 16.8. The Labute approximate surface area is 151 Å². The molecule has 2 aromatic heterocycles. The Morgan fingerprint density at radius 3 is 2.69 bits per heavy atom. The number of nitrogens with zero attached hydrogens (tertiary/aromatic N) is 3. The Kier molecular flexibility index (Phi) is 3.86. The molecule has 1 aliphatic carbocycles. The lowest BCUT2D eigenvalue weighted by molar-refractivity contribution is -0.117. The summed E-state index contributed by atoms with van der Waals surface area (Å²) < 4.78 is 18.6. The number of hydrogen-bond acceptors (Lipinski definition) is 2. The molecule has 0 saturated heterocycles. The number of aromatic nitrogens is 3. The van der Waals surface area contributed by atoms with Gasteiger partial charge in [-0.05, 0) is 36.5 Å². The summed E-state index contributed by atoms with van der Waals surface area (Å²) in [7, 11) is 0. The van der Waals surface area contributed by atoms with Gasteiger partial charge < -0.3 is 14.5 Å². The van der Waals surface area contributed by atoms with Crippen LogP contribution >= 0.6 is 0 Å². The monoisotopic (exact) mass is 354 g/mol. The molecule has 6 heteroatoms. The van der Waals surface area contributed by atoms with E-state index in [0.29, 0.717) is 23.7 Å². The van der Waals surface area contributed by atoms with E-state index < -0.39 is 0 Å². The Morgan fingerprint density at radius 2 is 2.08 bits per heavy atom. The molecule has 26 heavy (non-hydrogen) atoms. The molecule has 1 aliphatic rings. The second-order valence-electron chi connectivity index (χ2n) is 8.25.